The van der Waals surface area contributed by atoms with Gasteiger partial charge < -0.3 is 5.11 Å². The molecule has 0 radical (unpaired) electrons. The molecule has 1 N–H and O–H groups in total. The van der Waals surface area contributed by atoms with Crippen LogP contribution in [0, 0.1) is 17.2 Å². The van der Waals surface area contributed by atoms with Crippen LogP contribution in [0.4, 0.5) is 0 Å². The molecule has 3 heteroatoms. The molecule has 2 unspecified atom stereocenters. The van der Waals surface area contributed by atoms with Gasteiger partial charge >= 0.3 is 0 Å². The van der Waals surface area contributed by atoms with Crippen molar-refractivity contribution in [1.29, 1.82) is 5.26 Å². The largest absolute Gasteiger partial charge is 0.396 e. The summed E-state index contributed by atoms with van der Waals surface area (Å²) < 4.78 is 0. The number of hydrogen-bond acceptors (Lipinski definition) is 3. The molecule has 0 amide bonds. The number of hydrogen-bond donors (Lipinski definition) is 1. The molecular formula is C15H20N2O. The van der Waals surface area contributed by atoms with Crippen molar-refractivity contribution < 1.29 is 5.11 Å². The van der Waals surface area contributed by atoms with Gasteiger partial charge in [-0.2, -0.15) is 5.26 Å². The molecule has 1 aromatic rings. The van der Waals surface area contributed by atoms with Gasteiger partial charge in [0.25, 0.3) is 0 Å². The molecule has 0 aromatic heterocycles. The average Bonchev–Trinajstić information content (AvgIpc) is 2.42. The van der Waals surface area contributed by atoms with Gasteiger partial charge in [-0.3, -0.25) is 4.90 Å². The van der Waals surface area contributed by atoms with Gasteiger partial charge in [-0.1, -0.05) is 18.2 Å². The summed E-state index contributed by atoms with van der Waals surface area (Å²) in [5.74, 6) is 0.385. The summed E-state index contributed by atoms with van der Waals surface area (Å²) in [5.41, 5.74) is 1.85. The summed E-state index contributed by atoms with van der Waals surface area (Å²) in [6.07, 6.45) is 2.23. The second-order valence-electron chi connectivity index (χ2n) is 5.17. The molecule has 96 valence electrons. The summed E-state index contributed by atoms with van der Waals surface area (Å²) in [5, 5.41) is 18.4. The summed E-state index contributed by atoms with van der Waals surface area (Å²) in [4.78, 5) is 2.38. The summed E-state index contributed by atoms with van der Waals surface area (Å²) in [7, 11) is 0. The smallest absolute Gasteiger partial charge is 0.0995 e. The van der Waals surface area contributed by atoms with E-state index < -0.39 is 0 Å². The zero-order valence-corrected chi connectivity index (χ0v) is 10.8. The molecule has 1 saturated heterocycles. The summed E-state index contributed by atoms with van der Waals surface area (Å²) >= 11 is 0. The number of benzene rings is 1. The van der Waals surface area contributed by atoms with Gasteiger partial charge in [0.15, 0.2) is 0 Å². The molecule has 0 saturated carbocycles. The van der Waals surface area contributed by atoms with Gasteiger partial charge in [-0.15, -0.1) is 0 Å². The van der Waals surface area contributed by atoms with Crippen molar-refractivity contribution in [3.8, 4) is 6.07 Å². The van der Waals surface area contributed by atoms with Crippen molar-refractivity contribution in [3.63, 3.8) is 0 Å². The lowest BCUT2D eigenvalue weighted by Crippen LogP contribution is -2.42. The third-order valence-electron chi connectivity index (χ3n) is 3.88. The van der Waals surface area contributed by atoms with E-state index >= 15 is 0 Å². The van der Waals surface area contributed by atoms with Crippen molar-refractivity contribution in [1.82, 2.24) is 4.90 Å². The lowest BCUT2D eigenvalue weighted by molar-refractivity contribution is 0.0771. The molecule has 2 rings (SSSR count). The van der Waals surface area contributed by atoms with E-state index in [0.717, 1.165) is 37.1 Å². The fourth-order valence-electron chi connectivity index (χ4n) is 2.62. The van der Waals surface area contributed by atoms with Crippen LogP contribution in [-0.2, 0) is 6.54 Å². The molecule has 2 atom stereocenters. The Labute approximate surface area is 109 Å². The maximum Gasteiger partial charge on any atom is 0.0995 e. The second kappa shape index (κ2) is 5.99. The average molecular weight is 244 g/mol. The normalized spacial score (nSPS) is 24.7. The first-order valence-electron chi connectivity index (χ1n) is 6.57. The quantitative estimate of drug-likeness (QED) is 0.886. The second-order valence-corrected chi connectivity index (χ2v) is 5.17. The maximum absolute atomic E-state index is 9.28. The Kier molecular flexibility index (Phi) is 4.35. The van der Waals surface area contributed by atoms with E-state index in [-0.39, 0.29) is 6.61 Å². The van der Waals surface area contributed by atoms with Crippen LogP contribution in [0.3, 0.4) is 0 Å². The van der Waals surface area contributed by atoms with Crippen LogP contribution >= 0.6 is 0 Å². The zero-order valence-electron chi connectivity index (χ0n) is 10.8. The monoisotopic (exact) mass is 244 g/mol. The van der Waals surface area contributed by atoms with Gasteiger partial charge in [-0.25, -0.2) is 0 Å². The first kappa shape index (κ1) is 13.1. The van der Waals surface area contributed by atoms with Crippen LogP contribution in [0.5, 0.6) is 0 Å². The maximum atomic E-state index is 9.28. The minimum atomic E-state index is 0.267. The van der Waals surface area contributed by atoms with Crippen LogP contribution in [0.25, 0.3) is 0 Å². The van der Waals surface area contributed by atoms with Gasteiger partial charge in [0.05, 0.1) is 11.6 Å². The molecule has 1 aliphatic heterocycles. The van der Waals surface area contributed by atoms with E-state index in [1.165, 1.54) is 0 Å². The zero-order chi connectivity index (χ0) is 13.0. The van der Waals surface area contributed by atoms with Crippen molar-refractivity contribution in [2.75, 3.05) is 13.2 Å². The molecular weight excluding hydrogens is 224 g/mol. The highest BCUT2D eigenvalue weighted by Crippen LogP contribution is 2.24. The molecule has 0 spiro atoms. The predicted molar refractivity (Wildman–Crippen MR) is 70.8 cm³/mol. The minimum absolute atomic E-state index is 0.267. The molecule has 1 heterocycles. The van der Waals surface area contributed by atoms with Crippen LogP contribution in [0.15, 0.2) is 24.3 Å². The predicted octanol–water partition coefficient (Wildman–Crippen LogP) is 2.15. The van der Waals surface area contributed by atoms with E-state index in [0.29, 0.717) is 12.0 Å². The van der Waals surface area contributed by atoms with Gasteiger partial charge in [-0.05, 0) is 37.3 Å². The van der Waals surface area contributed by atoms with Crippen LogP contribution in [-0.4, -0.2) is 29.2 Å². The third kappa shape index (κ3) is 2.90. The first-order chi connectivity index (χ1) is 8.74. The Morgan fingerprint density at radius 2 is 2.17 bits per heavy atom. The van der Waals surface area contributed by atoms with E-state index in [1.807, 2.05) is 24.3 Å². The van der Waals surface area contributed by atoms with Crippen molar-refractivity contribution >= 4 is 0 Å². The molecule has 0 aliphatic carbocycles. The molecule has 1 aromatic carbocycles. The minimum Gasteiger partial charge on any atom is -0.396 e. The van der Waals surface area contributed by atoms with Crippen molar-refractivity contribution in [3.05, 3.63) is 35.4 Å². The fraction of sp³-hybridized carbons (Fsp3) is 0.533. The number of aliphatic hydroxyl groups excluding tert-OH is 1. The van der Waals surface area contributed by atoms with Crippen molar-refractivity contribution in [2.24, 2.45) is 5.92 Å². The van der Waals surface area contributed by atoms with Crippen LogP contribution in [0.1, 0.15) is 30.9 Å². The van der Waals surface area contributed by atoms with Gasteiger partial charge in [0.1, 0.15) is 0 Å². The van der Waals surface area contributed by atoms with E-state index in [9.17, 15) is 5.11 Å². The summed E-state index contributed by atoms with van der Waals surface area (Å²) in [6, 6.07) is 10.5. The molecule has 18 heavy (non-hydrogen) atoms. The Balaban J connectivity index is 2.10. The van der Waals surface area contributed by atoms with Crippen molar-refractivity contribution in [2.45, 2.75) is 32.4 Å². The highest BCUT2D eigenvalue weighted by Gasteiger charge is 2.25. The standard InChI is InChI=1S/C15H20N2O/c1-12-6-7-13(11-18)9-17(12)10-15-5-3-2-4-14(15)8-16/h2-5,12-13,18H,6-7,9-11H2,1H3. The Bertz CT molecular complexity index is 438. The number of piperidine rings is 1. The van der Waals surface area contributed by atoms with E-state index in [1.54, 1.807) is 0 Å². The molecule has 1 aliphatic rings. The number of likely N-dealkylation sites (tertiary alicyclic amines) is 1. The third-order valence-corrected chi connectivity index (χ3v) is 3.88. The Hall–Kier alpha value is -1.37. The van der Waals surface area contributed by atoms with E-state index in [2.05, 4.69) is 17.9 Å². The number of aliphatic hydroxyl groups is 1. The highest BCUT2D eigenvalue weighted by atomic mass is 16.3. The Morgan fingerprint density at radius 3 is 2.89 bits per heavy atom. The lowest BCUT2D eigenvalue weighted by Gasteiger charge is -2.37. The topological polar surface area (TPSA) is 47.3 Å². The highest BCUT2D eigenvalue weighted by molar-refractivity contribution is 5.37. The summed E-state index contributed by atoms with van der Waals surface area (Å²) in [6.45, 7) is 4.23. The fourth-order valence-corrected chi connectivity index (χ4v) is 2.62. The van der Waals surface area contributed by atoms with E-state index in [4.69, 9.17) is 5.26 Å². The Morgan fingerprint density at radius 1 is 1.39 bits per heavy atom. The molecule has 0 bridgehead atoms. The van der Waals surface area contributed by atoms with Gasteiger partial charge in [0.2, 0.25) is 0 Å². The van der Waals surface area contributed by atoms with Crippen LogP contribution in [0.2, 0.25) is 0 Å². The SMILES string of the molecule is CC1CCC(CO)CN1Cc1ccccc1C#N. The molecule has 3 nitrogen and oxygen atoms in total. The number of rotatable bonds is 3. The molecule has 1 fully saturated rings. The van der Waals surface area contributed by atoms with Gasteiger partial charge in [0, 0.05) is 25.7 Å². The lowest BCUT2D eigenvalue weighted by atomic mass is 9.93. The number of nitrogens with zero attached hydrogens (tertiary/aromatic N) is 2. The van der Waals surface area contributed by atoms with Crippen LogP contribution < -0.4 is 0 Å². The first-order valence-corrected chi connectivity index (χ1v) is 6.57. The number of nitriles is 1.